The highest BCUT2D eigenvalue weighted by Crippen LogP contribution is 2.45. The first kappa shape index (κ1) is 31.1. The molecule has 1 aliphatic heterocycles. The minimum atomic E-state index is -1.15. The maximum Gasteiger partial charge on any atom is 0.337 e. The number of benzene rings is 3. The van der Waals surface area contributed by atoms with Gasteiger partial charge in [0.15, 0.2) is 11.9 Å². The number of aryl methyl sites for hydroxylation is 2. The largest absolute Gasteiger partial charge is 0.479 e. The van der Waals surface area contributed by atoms with Gasteiger partial charge in [-0.2, -0.15) is 5.10 Å². The molecule has 0 spiro atoms. The third-order valence-electron chi connectivity index (χ3n) is 8.98. The maximum absolute atomic E-state index is 12.7. The Balaban J connectivity index is 1.32. The zero-order valence-corrected chi connectivity index (χ0v) is 28.6. The Labute approximate surface area is 278 Å². The van der Waals surface area contributed by atoms with Crippen molar-refractivity contribution in [1.82, 2.24) is 19.7 Å². The Morgan fingerprint density at radius 1 is 1.07 bits per heavy atom. The maximum atomic E-state index is 12.7. The second-order valence-electron chi connectivity index (χ2n) is 13.7. The van der Waals surface area contributed by atoms with Gasteiger partial charge in [-0.05, 0) is 94.0 Å². The molecule has 46 heavy (non-hydrogen) atoms. The molecule has 1 atom stereocenters. The number of hydrogen-bond donors (Lipinski definition) is 1. The van der Waals surface area contributed by atoms with Gasteiger partial charge >= 0.3 is 5.97 Å². The number of aromatic nitrogens is 3. The Morgan fingerprint density at radius 3 is 2.41 bits per heavy atom. The number of hydrogen-bond acceptors (Lipinski definition) is 7. The van der Waals surface area contributed by atoms with E-state index in [9.17, 15) is 9.90 Å². The Bertz CT molecular complexity index is 1930. The van der Waals surface area contributed by atoms with E-state index in [0.29, 0.717) is 10.6 Å². The highest BCUT2D eigenvalue weighted by atomic mass is 35.5. The van der Waals surface area contributed by atoms with Crippen LogP contribution in [0.1, 0.15) is 50.8 Å². The average Bonchev–Trinajstić information content (AvgIpc) is 3.63. The fraction of sp³-hybridized carbons (Fsp3) is 0.417. The molecule has 240 valence electrons. The van der Waals surface area contributed by atoms with Crippen molar-refractivity contribution in [1.29, 1.82) is 0 Å². The van der Waals surface area contributed by atoms with E-state index < -0.39 is 17.7 Å². The van der Waals surface area contributed by atoms with Crippen LogP contribution in [0.2, 0.25) is 5.02 Å². The number of rotatable bonds is 8. The Kier molecular flexibility index (Phi) is 8.08. The molecule has 0 unspecified atom stereocenters. The molecule has 3 aromatic carbocycles. The van der Waals surface area contributed by atoms with Gasteiger partial charge in [0.25, 0.3) is 0 Å². The van der Waals surface area contributed by atoms with Crippen LogP contribution in [0, 0.1) is 12.8 Å². The summed E-state index contributed by atoms with van der Waals surface area (Å²) in [5.74, 6) is 0.898. The molecule has 8 nitrogen and oxygen atoms in total. The second kappa shape index (κ2) is 11.9. The average molecular weight is 658 g/mol. The van der Waals surface area contributed by atoms with Gasteiger partial charge in [0.2, 0.25) is 0 Å². The summed E-state index contributed by atoms with van der Waals surface area (Å²) in [6.45, 7) is 12.9. The zero-order valence-electron chi connectivity index (χ0n) is 27.0. The van der Waals surface area contributed by atoms with Crippen molar-refractivity contribution in [3.63, 3.8) is 0 Å². The van der Waals surface area contributed by atoms with Crippen molar-refractivity contribution < 1.29 is 14.6 Å². The van der Waals surface area contributed by atoms with Crippen LogP contribution in [0.25, 0.3) is 42.8 Å². The summed E-state index contributed by atoms with van der Waals surface area (Å²) in [7, 11) is 2.01. The van der Waals surface area contributed by atoms with Crippen molar-refractivity contribution in [2.75, 3.05) is 37.6 Å². The van der Waals surface area contributed by atoms with E-state index >= 15 is 0 Å². The molecule has 2 aromatic heterocycles. The van der Waals surface area contributed by atoms with Crippen LogP contribution in [-0.4, -0.2) is 69.1 Å². The molecule has 7 rings (SSSR count). The number of nitrogens with zero attached hydrogens (tertiary/aromatic N) is 5. The third kappa shape index (κ3) is 6.13. The number of thiazole rings is 1. The molecule has 2 aliphatic rings. The molecule has 1 saturated carbocycles. The van der Waals surface area contributed by atoms with Crippen molar-refractivity contribution in [3.8, 4) is 21.7 Å². The topological polar surface area (TPSA) is 83.7 Å². The van der Waals surface area contributed by atoms with Crippen molar-refractivity contribution in [2.45, 2.75) is 52.2 Å². The minimum absolute atomic E-state index is 0.616. The van der Waals surface area contributed by atoms with Gasteiger partial charge in [-0.25, -0.2) is 9.78 Å². The Hall–Kier alpha value is -3.50. The van der Waals surface area contributed by atoms with Gasteiger partial charge in [0, 0.05) is 66.9 Å². The summed E-state index contributed by atoms with van der Waals surface area (Å²) in [6.07, 6.45) is 1.61. The van der Waals surface area contributed by atoms with Crippen molar-refractivity contribution >= 4 is 55.8 Å². The minimum Gasteiger partial charge on any atom is -0.479 e. The van der Waals surface area contributed by atoms with E-state index in [4.69, 9.17) is 26.4 Å². The quantitative estimate of drug-likeness (QED) is 0.181. The normalized spacial score (nSPS) is 16.9. The predicted molar refractivity (Wildman–Crippen MR) is 187 cm³/mol. The molecular weight excluding hydrogens is 618 g/mol. The number of anilines is 1. The smallest absolute Gasteiger partial charge is 0.337 e. The van der Waals surface area contributed by atoms with Crippen LogP contribution in [-0.2, 0) is 16.6 Å². The fourth-order valence-electron chi connectivity index (χ4n) is 6.58. The van der Waals surface area contributed by atoms with Gasteiger partial charge in [-0.3, -0.25) is 9.58 Å². The van der Waals surface area contributed by atoms with E-state index in [0.717, 1.165) is 86.3 Å². The molecule has 0 radical (unpaired) electrons. The third-order valence-corrected chi connectivity index (χ3v) is 10.4. The van der Waals surface area contributed by atoms with E-state index in [1.165, 1.54) is 19.4 Å². The summed E-state index contributed by atoms with van der Waals surface area (Å²) in [5.41, 5.74) is 5.40. The lowest BCUT2D eigenvalue weighted by Gasteiger charge is -2.35. The second-order valence-corrected chi connectivity index (χ2v) is 15.2. The highest BCUT2D eigenvalue weighted by molar-refractivity contribution is 7.22. The van der Waals surface area contributed by atoms with Gasteiger partial charge < -0.3 is 14.7 Å². The first-order valence-corrected chi connectivity index (χ1v) is 17.2. The lowest BCUT2D eigenvalue weighted by Crippen LogP contribution is -2.47. The number of ether oxygens (including phenoxy) is 1. The van der Waals surface area contributed by atoms with Crippen LogP contribution in [0.4, 0.5) is 5.82 Å². The number of carboxylic acids is 1. The molecule has 0 amide bonds. The molecule has 1 saturated heterocycles. The van der Waals surface area contributed by atoms with Crippen LogP contribution in [0.5, 0.6) is 0 Å². The molecule has 1 aliphatic carbocycles. The lowest BCUT2D eigenvalue weighted by atomic mass is 9.91. The summed E-state index contributed by atoms with van der Waals surface area (Å²) in [4.78, 5) is 22.9. The molecule has 3 heterocycles. The van der Waals surface area contributed by atoms with E-state index in [-0.39, 0.29) is 0 Å². The van der Waals surface area contributed by atoms with E-state index in [1.54, 1.807) is 11.3 Å². The number of fused-ring (bicyclic) bond motifs is 2. The van der Waals surface area contributed by atoms with Crippen LogP contribution < -0.4 is 4.90 Å². The summed E-state index contributed by atoms with van der Waals surface area (Å²) in [5, 5.41) is 18.0. The standard InChI is InChI=1S/C36H40ClN5O3S/c1-21-18-27-32(30(23-8-11-25(37)12-9-23)29(21)31(35(43)44)45-36(2,3)4)46-34(38-27)24-10-13-28-26(19-24)33(39-40(28)5)42-16-14-41(15-17-42)20-22-6-7-22/h8-13,18-19,22,31H,6-7,14-17,20H2,1-5H3,(H,43,44)/t31-/m0/s1. The molecular formula is C36H40ClN5O3S. The number of halogens is 1. The van der Waals surface area contributed by atoms with Crippen LogP contribution in [0.15, 0.2) is 48.5 Å². The van der Waals surface area contributed by atoms with Gasteiger partial charge in [-0.15, -0.1) is 11.3 Å². The monoisotopic (exact) mass is 657 g/mol. The van der Waals surface area contributed by atoms with Crippen molar-refractivity contribution in [2.24, 2.45) is 13.0 Å². The first-order chi connectivity index (χ1) is 21.9. The van der Waals surface area contributed by atoms with Gasteiger partial charge in [-0.1, -0.05) is 23.7 Å². The van der Waals surface area contributed by atoms with E-state index in [1.807, 2.05) is 69.8 Å². The highest BCUT2D eigenvalue weighted by Gasteiger charge is 2.33. The predicted octanol–water partition coefficient (Wildman–Crippen LogP) is 7.95. The number of carboxylic acid groups (broad SMARTS) is 1. The molecule has 1 N–H and O–H groups in total. The van der Waals surface area contributed by atoms with Crippen LogP contribution >= 0.6 is 22.9 Å². The first-order valence-electron chi connectivity index (χ1n) is 16.0. The molecule has 5 aromatic rings. The molecule has 2 fully saturated rings. The SMILES string of the molecule is Cc1cc2nc(-c3ccc4c(c3)c(N3CCN(CC5CC5)CC3)nn4C)sc2c(-c2ccc(Cl)cc2)c1[C@H](OC(C)(C)C)C(=O)O. The number of aliphatic carboxylic acids is 1. The summed E-state index contributed by atoms with van der Waals surface area (Å²) < 4.78 is 9.07. The molecule has 0 bridgehead atoms. The fourth-order valence-corrected chi connectivity index (χ4v) is 7.83. The van der Waals surface area contributed by atoms with Crippen LogP contribution in [0.3, 0.4) is 0 Å². The number of piperazine rings is 1. The lowest BCUT2D eigenvalue weighted by molar-refractivity contribution is -0.160. The summed E-state index contributed by atoms with van der Waals surface area (Å²) >= 11 is 7.85. The summed E-state index contributed by atoms with van der Waals surface area (Å²) in [6, 6.07) is 16.0. The van der Waals surface area contributed by atoms with Gasteiger partial charge in [0.1, 0.15) is 5.01 Å². The van der Waals surface area contributed by atoms with Crippen molar-refractivity contribution in [3.05, 3.63) is 64.7 Å². The van der Waals surface area contributed by atoms with Gasteiger partial charge in [0.05, 0.1) is 21.3 Å². The number of carbonyl (C=O) groups is 1. The Morgan fingerprint density at radius 2 is 1.76 bits per heavy atom. The zero-order chi connectivity index (χ0) is 32.3. The molecule has 10 heteroatoms. The van der Waals surface area contributed by atoms with E-state index in [2.05, 4.69) is 28.0 Å².